The predicted octanol–water partition coefficient (Wildman–Crippen LogP) is 0.461. The molecule has 1 aromatic heterocycles. The van der Waals surface area contributed by atoms with Gasteiger partial charge in [0.1, 0.15) is 0 Å². The van der Waals surface area contributed by atoms with E-state index in [1.807, 2.05) is 11.8 Å². The summed E-state index contributed by atoms with van der Waals surface area (Å²) in [6.45, 7) is 2.46. The maximum Gasteiger partial charge on any atom is 0.358 e. The molecule has 1 aliphatic rings. The molecule has 2 N–H and O–H groups in total. The summed E-state index contributed by atoms with van der Waals surface area (Å²) in [4.78, 5) is 10.6. The molecule has 0 aliphatic carbocycles. The number of hydrogen-bond donors (Lipinski definition) is 2. The Balaban J connectivity index is 1.65. The van der Waals surface area contributed by atoms with Gasteiger partial charge in [0, 0.05) is 18.3 Å². The Kier molecular flexibility index (Phi) is 4.38. The third-order valence-electron chi connectivity index (χ3n) is 2.67. The van der Waals surface area contributed by atoms with Gasteiger partial charge in [0.2, 0.25) is 0 Å². The van der Waals surface area contributed by atoms with Gasteiger partial charge < -0.3 is 10.4 Å². The van der Waals surface area contributed by atoms with Crippen LogP contribution in [-0.2, 0) is 6.54 Å². The first-order chi connectivity index (χ1) is 8.25. The molecule has 0 saturated carbocycles. The molecule has 1 fully saturated rings. The first kappa shape index (κ1) is 12.4. The normalized spacial score (nSPS) is 19.6. The smallest absolute Gasteiger partial charge is 0.358 e. The highest BCUT2D eigenvalue weighted by Crippen LogP contribution is 2.24. The minimum atomic E-state index is -1.04. The SMILES string of the molecule is O=C(O)c1cn(CCNCC2CCCS2)nn1. The monoisotopic (exact) mass is 256 g/mol. The highest BCUT2D eigenvalue weighted by atomic mass is 32.2. The molecule has 17 heavy (non-hydrogen) atoms. The van der Waals surface area contributed by atoms with Gasteiger partial charge in [0.05, 0.1) is 12.7 Å². The van der Waals surface area contributed by atoms with Crippen molar-refractivity contribution in [3.05, 3.63) is 11.9 Å². The summed E-state index contributed by atoms with van der Waals surface area (Å²) in [6.07, 6.45) is 4.07. The lowest BCUT2D eigenvalue weighted by atomic mass is 10.2. The van der Waals surface area contributed by atoms with E-state index in [2.05, 4.69) is 15.6 Å². The third kappa shape index (κ3) is 3.71. The van der Waals surface area contributed by atoms with Crippen LogP contribution < -0.4 is 5.32 Å². The molecule has 0 amide bonds. The second-order valence-electron chi connectivity index (χ2n) is 4.01. The lowest BCUT2D eigenvalue weighted by Gasteiger charge is -2.09. The van der Waals surface area contributed by atoms with E-state index in [1.165, 1.54) is 24.8 Å². The quantitative estimate of drug-likeness (QED) is 0.720. The van der Waals surface area contributed by atoms with E-state index in [0.29, 0.717) is 6.54 Å². The number of carboxylic acid groups (broad SMARTS) is 1. The maximum atomic E-state index is 10.6. The summed E-state index contributed by atoms with van der Waals surface area (Å²) in [5.74, 6) is 0.240. The average molecular weight is 256 g/mol. The maximum absolute atomic E-state index is 10.6. The number of nitrogens with zero attached hydrogens (tertiary/aromatic N) is 3. The summed E-state index contributed by atoms with van der Waals surface area (Å²) >= 11 is 2.02. The Morgan fingerprint density at radius 2 is 2.59 bits per heavy atom. The van der Waals surface area contributed by atoms with Crippen LogP contribution in [0.25, 0.3) is 0 Å². The Morgan fingerprint density at radius 3 is 3.24 bits per heavy atom. The minimum absolute atomic E-state index is 0.00338. The Labute approximate surface area is 104 Å². The van der Waals surface area contributed by atoms with Crippen LogP contribution in [0.4, 0.5) is 0 Å². The molecule has 2 rings (SSSR count). The molecule has 0 spiro atoms. The summed E-state index contributed by atoms with van der Waals surface area (Å²) in [6, 6.07) is 0. The number of aromatic nitrogens is 3. The van der Waals surface area contributed by atoms with Crippen molar-refractivity contribution < 1.29 is 9.90 Å². The van der Waals surface area contributed by atoms with Crippen molar-refractivity contribution >= 4 is 17.7 Å². The first-order valence-corrected chi connectivity index (χ1v) is 6.76. The highest BCUT2D eigenvalue weighted by molar-refractivity contribution is 8.00. The van der Waals surface area contributed by atoms with Gasteiger partial charge in [0.15, 0.2) is 5.69 Å². The lowest BCUT2D eigenvalue weighted by molar-refractivity contribution is 0.0690. The van der Waals surface area contributed by atoms with Crippen molar-refractivity contribution in [2.24, 2.45) is 0 Å². The van der Waals surface area contributed by atoms with Gasteiger partial charge in [-0.2, -0.15) is 11.8 Å². The molecule has 1 aliphatic heterocycles. The molecule has 1 atom stereocenters. The van der Waals surface area contributed by atoms with Crippen LogP contribution in [0.1, 0.15) is 23.3 Å². The number of nitrogens with one attached hydrogen (secondary N) is 1. The van der Waals surface area contributed by atoms with Crippen molar-refractivity contribution in [3.63, 3.8) is 0 Å². The molecular formula is C10H16N4O2S. The van der Waals surface area contributed by atoms with Gasteiger partial charge in [0.25, 0.3) is 0 Å². The van der Waals surface area contributed by atoms with Crippen LogP contribution in [-0.4, -0.2) is 50.2 Å². The first-order valence-electron chi connectivity index (χ1n) is 5.71. The van der Waals surface area contributed by atoms with Crippen LogP contribution in [0.15, 0.2) is 6.20 Å². The van der Waals surface area contributed by atoms with Crippen LogP contribution in [0.3, 0.4) is 0 Å². The van der Waals surface area contributed by atoms with E-state index in [0.717, 1.165) is 18.3 Å². The molecule has 0 bridgehead atoms. The molecule has 1 aromatic rings. The predicted molar refractivity (Wildman–Crippen MR) is 65.3 cm³/mol. The zero-order valence-electron chi connectivity index (χ0n) is 9.50. The number of carboxylic acids is 1. The van der Waals surface area contributed by atoms with Crippen LogP contribution >= 0.6 is 11.8 Å². The number of thioether (sulfide) groups is 1. The van der Waals surface area contributed by atoms with Crippen molar-refractivity contribution in [2.45, 2.75) is 24.6 Å². The van der Waals surface area contributed by atoms with Crippen molar-refractivity contribution in [1.29, 1.82) is 0 Å². The largest absolute Gasteiger partial charge is 0.476 e. The van der Waals surface area contributed by atoms with E-state index in [9.17, 15) is 4.79 Å². The van der Waals surface area contributed by atoms with Gasteiger partial charge in [-0.3, -0.25) is 4.68 Å². The molecule has 94 valence electrons. The van der Waals surface area contributed by atoms with Crippen LogP contribution in [0.5, 0.6) is 0 Å². The number of hydrogen-bond acceptors (Lipinski definition) is 5. The van der Waals surface area contributed by atoms with Gasteiger partial charge in [-0.05, 0) is 18.6 Å². The minimum Gasteiger partial charge on any atom is -0.476 e. The summed E-state index contributed by atoms with van der Waals surface area (Å²) in [5, 5.41) is 20.1. The second kappa shape index (κ2) is 6.02. The van der Waals surface area contributed by atoms with Crippen LogP contribution in [0, 0.1) is 0 Å². The molecule has 2 heterocycles. The highest BCUT2D eigenvalue weighted by Gasteiger charge is 2.14. The molecule has 7 heteroatoms. The summed E-state index contributed by atoms with van der Waals surface area (Å²) in [7, 11) is 0. The fourth-order valence-corrected chi connectivity index (χ4v) is 3.00. The topological polar surface area (TPSA) is 80.0 Å². The fourth-order valence-electron chi connectivity index (χ4n) is 1.77. The van der Waals surface area contributed by atoms with Gasteiger partial charge in [-0.15, -0.1) is 5.10 Å². The molecule has 6 nitrogen and oxygen atoms in total. The number of aromatic carboxylic acids is 1. The Morgan fingerprint density at radius 1 is 1.71 bits per heavy atom. The van der Waals surface area contributed by atoms with Crippen molar-refractivity contribution in [2.75, 3.05) is 18.8 Å². The Hall–Kier alpha value is -1.08. The molecule has 0 radical (unpaired) electrons. The molecule has 1 saturated heterocycles. The summed E-state index contributed by atoms with van der Waals surface area (Å²) < 4.78 is 1.55. The van der Waals surface area contributed by atoms with Crippen molar-refractivity contribution in [1.82, 2.24) is 20.3 Å². The van der Waals surface area contributed by atoms with Gasteiger partial charge in [-0.25, -0.2) is 4.79 Å². The second-order valence-corrected chi connectivity index (χ2v) is 5.42. The lowest BCUT2D eigenvalue weighted by Crippen LogP contribution is -2.26. The van der Waals surface area contributed by atoms with E-state index >= 15 is 0 Å². The molecular weight excluding hydrogens is 240 g/mol. The average Bonchev–Trinajstić information content (AvgIpc) is 2.96. The van der Waals surface area contributed by atoms with E-state index in [1.54, 1.807) is 4.68 Å². The molecule has 0 aromatic carbocycles. The van der Waals surface area contributed by atoms with E-state index < -0.39 is 5.97 Å². The zero-order valence-corrected chi connectivity index (χ0v) is 10.3. The van der Waals surface area contributed by atoms with E-state index in [-0.39, 0.29) is 5.69 Å². The number of rotatable bonds is 6. The van der Waals surface area contributed by atoms with Gasteiger partial charge >= 0.3 is 5.97 Å². The fraction of sp³-hybridized carbons (Fsp3) is 0.700. The number of carbonyl (C=O) groups is 1. The third-order valence-corrected chi connectivity index (χ3v) is 4.07. The Bertz CT molecular complexity index is 376. The van der Waals surface area contributed by atoms with Crippen LogP contribution in [0.2, 0.25) is 0 Å². The summed E-state index contributed by atoms with van der Waals surface area (Å²) in [5.41, 5.74) is -0.00338. The van der Waals surface area contributed by atoms with Gasteiger partial charge in [-0.1, -0.05) is 5.21 Å². The van der Waals surface area contributed by atoms with E-state index in [4.69, 9.17) is 5.11 Å². The standard InChI is InChI=1S/C10H16N4O2S/c15-10(16)9-7-14(13-12-9)4-3-11-6-8-2-1-5-17-8/h7-8,11H,1-6H2,(H,15,16). The van der Waals surface area contributed by atoms with Crippen molar-refractivity contribution in [3.8, 4) is 0 Å². The zero-order chi connectivity index (χ0) is 12.1. The molecule has 1 unspecified atom stereocenters.